The lowest BCUT2D eigenvalue weighted by Gasteiger charge is -2.26. The Morgan fingerprint density at radius 1 is 1.14 bits per heavy atom. The van der Waals surface area contributed by atoms with Crippen LogP contribution in [-0.4, -0.2) is 78.1 Å². The molecule has 2 aromatic heterocycles. The number of aromatic amines is 1. The number of hydrogen-bond acceptors (Lipinski definition) is 8. The highest BCUT2D eigenvalue weighted by Gasteiger charge is 2.21. The van der Waals surface area contributed by atoms with Gasteiger partial charge in [0.1, 0.15) is 11.6 Å². The van der Waals surface area contributed by atoms with Crippen molar-refractivity contribution in [3.8, 4) is 17.1 Å². The van der Waals surface area contributed by atoms with Gasteiger partial charge in [0, 0.05) is 25.2 Å². The summed E-state index contributed by atoms with van der Waals surface area (Å²) in [5, 5.41) is 4.82. The largest absolute Gasteiger partial charge is 0.493 e. The lowest BCUT2D eigenvalue weighted by Crippen LogP contribution is -2.37. The Hall–Kier alpha value is -2.96. The molecule has 1 aromatic carbocycles. The Morgan fingerprint density at radius 3 is 2.64 bits per heavy atom. The standard InChI is InChI=1S/C30H46N6O5S/c1-5-8-9-11-23(6-2)20-27-31-22(4)28-30(37)32-29(33-36(27)28)25-21-24(12-13-26(25)41-7-3)34-42(38,39)19-10-14-35-15-17-40-18-16-35/h12-13,21,23,34H,5-11,14-20H2,1-4H3,(H,32,33,37). The van der Waals surface area contributed by atoms with Crippen LogP contribution in [0.4, 0.5) is 5.69 Å². The summed E-state index contributed by atoms with van der Waals surface area (Å²) in [6.07, 6.45) is 6.93. The first-order valence-corrected chi connectivity index (χ1v) is 17.0. The molecule has 0 bridgehead atoms. The molecule has 1 atom stereocenters. The first-order valence-electron chi connectivity index (χ1n) is 15.3. The molecular weight excluding hydrogens is 556 g/mol. The van der Waals surface area contributed by atoms with Crippen molar-refractivity contribution >= 4 is 21.2 Å². The summed E-state index contributed by atoms with van der Waals surface area (Å²) < 4.78 is 41.4. The molecule has 1 aliphatic rings. The number of hydrogen-bond donors (Lipinski definition) is 2. The fraction of sp³-hybridized carbons (Fsp3) is 0.633. The Bertz CT molecular complexity index is 1480. The number of imidazole rings is 1. The van der Waals surface area contributed by atoms with Crippen LogP contribution in [-0.2, 0) is 21.2 Å². The zero-order valence-electron chi connectivity index (χ0n) is 25.4. The lowest BCUT2D eigenvalue weighted by atomic mass is 9.95. The van der Waals surface area contributed by atoms with Gasteiger partial charge in [0.15, 0.2) is 11.3 Å². The minimum absolute atomic E-state index is 0.00245. The summed E-state index contributed by atoms with van der Waals surface area (Å²) in [7, 11) is -3.59. The van der Waals surface area contributed by atoms with Gasteiger partial charge >= 0.3 is 0 Å². The van der Waals surface area contributed by atoms with Crippen LogP contribution in [0.2, 0.25) is 0 Å². The Kier molecular flexibility index (Phi) is 11.4. The molecule has 1 fully saturated rings. The van der Waals surface area contributed by atoms with Gasteiger partial charge < -0.3 is 14.5 Å². The predicted molar refractivity (Wildman–Crippen MR) is 166 cm³/mol. The van der Waals surface area contributed by atoms with E-state index in [0.29, 0.717) is 72.7 Å². The molecule has 1 aliphatic heterocycles. The monoisotopic (exact) mass is 602 g/mol. The average molecular weight is 603 g/mol. The number of anilines is 1. The Labute approximate surface area is 249 Å². The van der Waals surface area contributed by atoms with E-state index >= 15 is 0 Å². The molecule has 0 radical (unpaired) electrons. The summed E-state index contributed by atoms with van der Waals surface area (Å²) in [4.78, 5) is 23.1. The maximum atomic E-state index is 13.3. The van der Waals surface area contributed by atoms with Crippen LogP contribution >= 0.6 is 0 Å². The minimum atomic E-state index is -3.59. The van der Waals surface area contributed by atoms with Crippen molar-refractivity contribution in [3.63, 3.8) is 0 Å². The maximum absolute atomic E-state index is 13.3. The van der Waals surface area contributed by atoms with Crippen LogP contribution in [0.3, 0.4) is 0 Å². The van der Waals surface area contributed by atoms with Crippen molar-refractivity contribution in [3.05, 3.63) is 40.1 Å². The number of benzene rings is 1. The van der Waals surface area contributed by atoms with Crippen molar-refractivity contribution < 1.29 is 17.9 Å². The van der Waals surface area contributed by atoms with E-state index < -0.39 is 10.0 Å². The van der Waals surface area contributed by atoms with Gasteiger partial charge in [-0.1, -0.05) is 46.0 Å². The third kappa shape index (κ3) is 8.32. The van der Waals surface area contributed by atoms with Crippen LogP contribution in [0.5, 0.6) is 5.75 Å². The molecule has 232 valence electrons. The number of morpholine rings is 1. The number of ether oxygens (including phenoxy) is 2. The smallest absolute Gasteiger partial charge is 0.277 e. The van der Waals surface area contributed by atoms with Crippen molar-refractivity contribution in [1.29, 1.82) is 0 Å². The van der Waals surface area contributed by atoms with Crippen LogP contribution in [0.25, 0.3) is 16.9 Å². The SMILES string of the molecule is CCCCCC(CC)Cc1nc(C)c2c(=O)[nH]c(-c3cc(NS(=O)(=O)CCCN4CCOCC4)ccc3OCC)nn12. The number of sulfonamides is 1. The molecule has 2 N–H and O–H groups in total. The van der Waals surface area contributed by atoms with Crippen LogP contribution in [0.1, 0.15) is 70.8 Å². The Morgan fingerprint density at radius 2 is 1.93 bits per heavy atom. The molecule has 12 heteroatoms. The molecule has 0 spiro atoms. The lowest BCUT2D eigenvalue weighted by molar-refractivity contribution is 0.0381. The summed E-state index contributed by atoms with van der Waals surface area (Å²) in [6, 6.07) is 5.03. The second-order valence-corrected chi connectivity index (χ2v) is 12.9. The highest BCUT2D eigenvalue weighted by molar-refractivity contribution is 7.92. The summed E-state index contributed by atoms with van der Waals surface area (Å²) >= 11 is 0. The molecule has 4 rings (SSSR count). The van der Waals surface area contributed by atoms with E-state index in [2.05, 4.69) is 28.5 Å². The highest BCUT2D eigenvalue weighted by Crippen LogP contribution is 2.31. The number of rotatable bonds is 16. The van der Waals surface area contributed by atoms with Gasteiger partial charge in [0.05, 0.1) is 36.8 Å². The van der Waals surface area contributed by atoms with Gasteiger partial charge in [-0.2, -0.15) is 0 Å². The quantitative estimate of drug-likeness (QED) is 0.231. The molecule has 11 nitrogen and oxygen atoms in total. The van der Waals surface area contributed by atoms with Crippen molar-refractivity contribution in [2.45, 2.75) is 72.6 Å². The zero-order chi connectivity index (χ0) is 30.1. The number of nitrogens with zero attached hydrogens (tertiary/aromatic N) is 4. The summed E-state index contributed by atoms with van der Waals surface area (Å²) in [5.41, 5.74) is 1.64. The van der Waals surface area contributed by atoms with E-state index in [1.54, 1.807) is 22.7 Å². The molecule has 3 aromatic rings. The van der Waals surface area contributed by atoms with Gasteiger partial charge in [0.2, 0.25) is 10.0 Å². The average Bonchev–Trinajstić information content (AvgIpc) is 3.28. The fourth-order valence-electron chi connectivity index (χ4n) is 5.47. The fourth-order valence-corrected chi connectivity index (χ4v) is 6.57. The van der Waals surface area contributed by atoms with Crippen LogP contribution < -0.4 is 15.0 Å². The molecule has 0 amide bonds. The molecule has 42 heavy (non-hydrogen) atoms. The third-order valence-corrected chi connectivity index (χ3v) is 9.18. The number of aryl methyl sites for hydroxylation is 1. The summed E-state index contributed by atoms with van der Waals surface area (Å²) in [6.45, 7) is 12.2. The van der Waals surface area contributed by atoms with Crippen LogP contribution in [0.15, 0.2) is 23.0 Å². The number of H-pyrrole nitrogens is 1. The van der Waals surface area contributed by atoms with E-state index in [-0.39, 0.29) is 11.3 Å². The predicted octanol–water partition coefficient (Wildman–Crippen LogP) is 4.40. The topological polar surface area (TPSA) is 131 Å². The maximum Gasteiger partial charge on any atom is 0.277 e. The van der Waals surface area contributed by atoms with E-state index in [4.69, 9.17) is 19.6 Å². The third-order valence-electron chi connectivity index (χ3n) is 7.81. The highest BCUT2D eigenvalue weighted by atomic mass is 32.2. The van der Waals surface area contributed by atoms with Gasteiger partial charge in [-0.3, -0.25) is 14.4 Å². The molecule has 0 aliphatic carbocycles. The molecular formula is C30H46N6O5S. The molecule has 3 heterocycles. The first-order chi connectivity index (χ1) is 20.2. The minimum Gasteiger partial charge on any atom is -0.493 e. The van der Waals surface area contributed by atoms with E-state index in [1.165, 1.54) is 19.3 Å². The molecule has 1 unspecified atom stereocenters. The van der Waals surface area contributed by atoms with E-state index in [9.17, 15) is 13.2 Å². The van der Waals surface area contributed by atoms with Crippen molar-refractivity contribution in [2.75, 3.05) is 49.9 Å². The number of aromatic nitrogens is 4. The van der Waals surface area contributed by atoms with Crippen molar-refractivity contribution in [1.82, 2.24) is 24.5 Å². The second kappa shape index (κ2) is 15.0. The van der Waals surface area contributed by atoms with Gasteiger partial charge in [-0.25, -0.2) is 17.9 Å². The van der Waals surface area contributed by atoms with Gasteiger partial charge in [0.25, 0.3) is 5.56 Å². The van der Waals surface area contributed by atoms with E-state index in [0.717, 1.165) is 38.2 Å². The van der Waals surface area contributed by atoms with Crippen molar-refractivity contribution in [2.24, 2.45) is 5.92 Å². The van der Waals surface area contributed by atoms with Gasteiger partial charge in [-0.15, -0.1) is 5.10 Å². The Balaban J connectivity index is 1.60. The number of fused-ring (bicyclic) bond motifs is 1. The van der Waals surface area contributed by atoms with Crippen LogP contribution in [0, 0.1) is 12.8 Å². The normalized spacial score (nSPS) is 15.2. The number of unbranched alkanes of at least 4 members (excludes halogenated alkanes) is 2. The zero-order valence-corrected chi connectivity index (χ0v) is 26.3. The summed E-state index contributed by atoms with van der Waals surface area (Å²) in [5.74, 6) is 2.00. The number of nitrogens with one attached hydrogen (secondary N) is 2. The molecule has 0 saturated carbocycles. The van der Waals surface area contributed by atoms with E-state index in [1.807, 2.05) is 13.8 Å². The van der Waals surface area contributed by atoms with Gasteiger partial charge in [-0.05, 0) is 50.9 Å². The molecule has 1 saturated heterocycles. The first kappa shape index (κ1) is 32.0. The second-order valence-electron chi connectivity index (χ2n) is 11.0.